The number of ether oxygens (including phenoxy) is 3. The van der Waals surface area contributed by atoms with Crippen molar-refractivity contribution in [1.29, 1.82) is 0 Å². The van der Waals surface area contributed by atoms with E-state index < -0.39 is 0 Å². The predicted molar refractivity (Wildman–Crippen MR) is 125 cm³/mol. The third kappa shape index (κ3) is 4.96. The zero-order chi connectivity index (χ0) is 24.1. The summed E-state index contributed by atoms with van der Waals surface area (Å²) in [6.45, 7) is 4.90. The number of pyridine rings is 1. The van der Waals surface area contributed by atoms with Crippen molar-refractivity contribution in [3.05, 3.63) is 59.4 Å². The molecule has 0 fully saturated rings. The summed E-state index contributed by atoms with van der Waals surface area (Å²) in [5.74, 6) is 3.61. The second-order valence-electron chi connectivity index (χ2n) is 8.10. The normalized spacial score (nSPS) is 14.6. The third-order valence-corrected chi connectivity index (χ3v) is 6.00. The van der Waals surface area contributed by atoms with Gasteiger partial charge in [0, 0.05) is 57.1 Å². The molecule has 1 aliphatic rings. The van der Waals surface area contributed by atoms with Gasteiger partial charge in [0.15, 0.2) is 5.82 Å². The van der Waals surface area contributed by atoms with Crippen LogP contribution in [0.1, 0.15) is 40.5 Å². The standard InChI is InChI=1S/C24H30N6O4/c1-16(26-24(31)17-6-5-8-25-14-17)23-28-27-22-7-9-29(10-11-30(22)23)15-19-20(33-3)12-18(32-2)13-21(19)34-4/h5-6,8,12-14,16H,7,9-11,15H2,1-4H3,(H,26,31)/t16-/m0/s1. The lowest BCUT2D eigenvalue weighted by Crippen LogP contribution is -2.30. The molecular formula is C24H30N6O4. The molecule has 1 atom stereocenters. The van der Waals surface area contributed by atoms with Gasteiger partial charge in [-0.25, -0.2) is 0 Å². The van der Waals surface area contributed by atoms with Crippen molar-refractivity contribution >= 4 is 5.91 Å². The summed E-state index contributed by atoms with van der Waals surface area (Å²) in [4.78, 5) is 18.9. The van der Waals surface area contributed by atoms with Crippen LogP contribution >= 0.6 is 0 Å². The number of rotatable bonds is 8. The summed E-state index contributed by atoms with van der Waals surface area (Å²) in [5, 5.41) is 11.8. The predicted octanol–water partition coefficient (Wildman–Crippen LogP) is 2.25. The first-order valence-corrected chi connectivity index (χ1v) is 11.2. The minimum absolute atomic E-state index is 0.188. The highest BCUT2D eigenvalue weighted by atomic mass is 16.5. The molecule has 0 radical (unpaired) electrons. The number of hydrogen-bond donors (Lipinski definition) is 1. The van der Waals surface area contributed by atoms with E-state index in [9.17, 15) is 4.79 Å². The Morgan fingerprint density at radius 1 is 1.09 bits per heavy atom. The molecule has 180 valence electrons. The molecule has 10 nitrogen and oxygen atoms in total. The van der Waals surface area contributed by atoms with E-state index in [1.54, 1.807) is 45.9 Å². The largest absolute Gasteiger partial charge is 0.496 e. The molecule has 0 saturated carbocycles. The molecule has 1 aliphatic heterocycles. The smallest absolute Gasteiger partial charge is 0.253 e. The maximum Gasteiger partial charge on any atom is 0.253 e. The number of nitrogens with one attached hydrogen (secondary N) is 1. The molecule has 3 heterocycles. The monoisotopic (exact) mass is 466 g/mol. The van der Waals surface area contributed by atoms with Crippen LogP contribution in [-0.4, -0.2) is 65.0 Å². The molecular weight excluding hydrogens is 436 g/mol. The van der Waals surface area contributed by atoms with Crippen molar-refractivity contribution in [1.82, 2.24) is 30.0 Å². The summed E-state index contributed by atoms with van der Waals surface area (Å²) < 4.78 is 18.7. The molecule has 2 aromatic heterocycles. The fourth-order valence-corrected chi connectivity index (χ4v) is 4.17. The Bertz CT molecular complexity index is 1110. The Morgan fingerprint density at radius 3 is 2.50 bits per heavy atom. The van der Waals surface area contributed by atoms with Gasteiger partial charge < -0.3 is 24.1 Å². The van der Waals surface area contributed by atoms with Crippen LogP contribution in [0.2, 0.25) is 0 Å². The van der Waals surface area contributed by atoms with Gasteiger partial charge in [-0.3, -0.25) is 14.7 Å². The molecule has 1 amide bonds. The molecule has 0 unspecified atom stereocenters. The number of carbonyl (C=O) groups is 1. The Morgan fingerprint density at radius 2 is 1.85 bits per heavy atom. The topological polar surface area (TPSA) is 104 Å². The van der Waals surface area contributed by atoms with E-state index in [2.05, 4.69) is 30.0 Å². The number of hydrogen-bond acceptors (Lipinski definition) is 8. The minimum Gasteiger partial charge on any atom is -0.496 e. The zero-order valence-electron chi connectivity index (χ0n) is 19.9. The van der Waals surface area contributed by atoms with Gasteiger partial charge in [-0.15, -0.1) is 10.2 Å². The van der Waals surface area contributed by atoms with Crippen LogP contribution in [0.3, 0.4) is 0 Å². The quantitative estimate of drug-likeness (QED) is 0.539. The number of nitrogens with zero attached hydrogens (tertiary/aromatic N) is 5. The minimum atomic E-state index is -0.290. The molecule has 0 saturated heterocycles. The van der Waals surface area contributed by atoms with E-state index >= 15 is 0 Å². The lowest BCUT2D eigenvalue weighted by Gasteiger charge is -2.23. The average Bonchev–Trinajstić information content (AvgIpc) is 3.18. The Labute approximate surface area is 198 Å². The van der Waals surface area contributed by atoms with Gasteiger partial charge in [-0.1, -0.05) is 0 Å². The van der Waals surface area contributed by atoms with Crippen LogP contribution in [-0.2, 0) is 19.5 Å². The van der Waals surface area contributed by atoms with Crippen LogP contribution in [0.4, 0.5) is 0 Å². The first-order chi connectivity index (χ1) is 16.5. The van der Waals surface area contributed by atoms with Gasteiger partial charge >= 0.3 is 0 Å². The van der Waals surface area contributed by atoms with Gasteiger partial charge in [0.25, 0.3) is 5.91 Å². The lowest BCUT2D eigenvalue weighted by molar-refractivity contribution is 0.0937. The number of methoxy groups -OCH3 is 3. The first-order valence-electron chi connectivity index (χ1n) is 11.2. The van der Waals surface area contributed by atoms with Crippen LogP contribution < -0.4 is 19.5 Å². The Balaban J connectivity index is 1.47. The molecule has 0 bridgehead atoms. The van der Waals surface area contributed by atoms with Crippen LogP contribution in [0, 0.1) is 0 Å². The van der Waals surface area contributed by atoms with E-state index in [0.717, 1.165) is 48.2 Å². The summed E-state index contributed by atoms with van der Waals surface area (Å²) >= 11 is 0. The van der Waals surface area contributed by atoms with Gasteiger partial charge in [0.2, 0.25) is 0 Å². The fraction of sp³-hybridized carbons (Fsp3) is 0.417. The number of benzene rings is 1. The van der Waals surface area contributed by atoms with E-state index in [4.69, 9.17) is 14.2 Å². The molecule has 1 N–H and O–H groups in total. The maximum atomic E-state index is 12.6. The summed E-state index contributed by atoms with van der Waals surface area (Å²) in [7, 11) is 4.92. The fourth-order valence-electron chi connectivity index (χ4n) is 4.17. The second kappa shape index (κ2) is 10.5. The van der Waals surface area contributed by atoms with Gasteiger partial charge in [-0.2, -0.15) is 0 Å². The number of carbonyl (C=O) groups excluding carboxylic acids is 1. The molecule has 4 rings (SSSR count). The average molecular weight is 467 g/mol. The van der Waals surface area contributed by atoms with Crippen molar-refractivity contribution in [2.75, 3.05) is 34.4 Å². The number of fused-ring (bicyclic) bond motifs is 1. The van der Waals surface area contributed by atoms with Crippen molar-refractivity contribution in [3.8, 4) is 17.2 Å². The van der Waals surface area contributed by atoms with E-state index in [0.29, 0.717) is 24.4 Å². The van der Waals surface area contributed by atoms with Gasteiger partial charge in [0.05, 0.1) is 38.5 Å². The van der Waals surface area contributed by atoms with E-state index in [-0.39, 0.29) is 11.9 Å². The van der Waals surface area contributed by atoms with Gasteiger partial charge in [0.1, 0.15) is 23.1 Å². The van der Waals surface area contributed by atoms with Gasteiger partial charge in [-0.05, 0) is 19.1 Å². The molecule has 10 heteroatoms. The van der Waals surface area contributed by atoms with Crippen molar-refractivity contribution in [3.63, 3.8) is 0 Å². The first kappa shape index (κ1) is 23.5. The number of aromatic nitrogens is 4. The molecule has 0 spiro atoms. The van der Waals surface area contributed by atoms with Crippen molar-refractivity contribution in [2.45, 2.75) is 32.5 Å². The Hall–Kier alpha value is -3.66. The lowest BCUT2D eigenvalue weighted by atomic mass is 10.1. The van der Waals surface area contributed by atoms with Crippen LogP contribution in [0.15, 0.2) is 36.7 Å². The summed E-state index contributed by atoms with van der Waals surface area (Å²) in [6, 6.07) is 6.93. The van der Waals surface area contributed by atoms with Crippen LogP contribution in [0.25, 0.3) is 0 Å². The third-order valence-electron chi connectivity index (χ3n) is 6.00. The SMILES string of the molecule is COc1cc(OC)c(CN2CCc3nnc([C@H](C)NC(=O)c4cccnc4)n3CC2)c(OC)c1. The van der Waals surface area contributed by atoms with E-state index in [1.165, 1.54) is 0 Å². The highest BCUT2D eigenvalue weighted by Crippen LogP contribution is 2.35. The molecule has 3 aromatic rings. The summed E-state index contributed by atoms with van der Waals surface area (Å²) in [6.07, 6.45) is 3.94. The van der Waals surface area contributed by atoms with E-state index in [1.807, 2.05) is 19.1 Å². The summed E-state index contributed by atoms with van der Waals surface area (Å²) in [5.41, 5.74) is 1.49. The van der Waals surface area contributed by atoms with Crippen LogP contribution in [0.5, 0.6) is 17.2 Å². The van der Waals surface area contributed by atoms with Crippen molar-refractivity contribution < 1.29 is 19.0 Å². The molecule has 0 aliphatic carbocycles. The molecule has 34 heavy (non-hydrogen) atoms. The number of amides is 1. The zero-order valence-corrected chi connectivity index (χ0v) is 19.9. The highest BCUT2D eigenvalue weighted by Gasteiger charge is 2.24. The second-order valence-corrected chi connectivity index (χ2v) is 8.10. The van der Waals surface area contributed by atoms with Crippen molar-refractivity contribution in [2.24, 2.45) is 0 Å². The maximum absolute atomic E-state index is 12.6. The Kier molecular flexibility index (Phi) is 7.27. The molecule has 1 aromatic carbocycles. The highest BCUT2D eigenvalue weighted by molar-refractivity contribution is 5.94.